The van der Waals surface area contributed by atoms with Crippen molar-refractivity contribution in [2.45, 2.75) is 12.6 Å². The number of aromatic hydroxyl groups is 1. The van der Waals surface area contributed by atoms with Crippen LogP contribution in [-0.4, -0.2) is 16.8 Å². The van der Waals surface area contributed by atoms with Gasteiger partial charge in [0, 0.05) is 17.1 Å². The molecular formula is C15H14Cl2FNO2. The first-order valence-electron chi connectivity index (χ1n) is 6.28. The van der Waals surface area contributed by atoms with E-state index in [1.807, 2.05) is 0 Å². The van der Waals surface area contributed by atoms with Crippen molar-refractivity contribution in [2.24, 2.45) is 0 Å². The van der Waals surface area contributed by atoms with Crippen molar-refractivity contribution < 1.29 is 14.6 Å². The second-order valence-corrected chi connectivity index (χ2v) is 5.41. The van der Waals surface area contributed by atoms with Crippen LogP contribution in [0.2, 0.25) is 10.0 Å². The van der Waals surface area contributed by atoms with Gasteiger partial charge in [0.25, 0.3) is 0 Å². The number of halogens is 3. The average molecular weight is 330 g/mol. The molecule has 0 aliphatic carbocycles. The van der Waals surface area contributed by atoms with Gasteiger partial charge in [0.05, 0.1) is 17.7 Å². The lowest BCUT2D eigenvalue weighted by Crippen LogP contribution is -2.24. The van der Waals surface area contributed by atoms with Crippen LogP contribution in [0.4, 0.5) is 4.39 Å². The maximum absolute atomic E-state index is 13.5. The van der Waals surface area contributed by atoms with E-state index in [0.29, 0.717) is 16.1 Å². The number of nitrogens with one attached hydrogen (secondary N) is 1. The highest BCUT2D eigenvalue weighted by Gasteiger charge is 2.13. The van der Waals surface area contributed by atoms with Gasteiger partial charge >= 0.3 is 0 Å². The van der Waals surface area contributed by atoms with E-state index >= 15 is 0 Å². The molecule has 2 aromatic carbocycles. The van der Waals surface area contributed by atoms with Gasteiger partial charge in [-0.2, -0.15) is 0 Å². The van der Waals surface area contributed by atoms with Crippen LogP contribution < -0.4 is 5.32 Å². The highest BCUT2D eigenvalue weighted by atomic mass is 35.5. The molecule has 0 aliphatic rings. The molecule has 112 valence electrons. The normalized spacial score (nSPS) is 12.4. The number of aliphatic hydroxyl groups excluding tert-OH is 1. The Bertz CT molecular complexity index is 637. The molecule has 2 aromatic rings. The maximum Gasteiger partial charge on any atom is 0.142 e. The summed E-state index contributed by atoms with van der Waals surface area (Å²) in [5.74, 6) is -0.439. The average Bonchev–Trinajstić information content (AvgIpc) is 2.46. The molecule has 6 heteroatoms. The van der Waals surface area contributed by atoms with E-state index in [0.717, 1.165) is 0 Å². The molecule has 0 saturated heterocycles. The van der Waals surface area contributed by atoms with Crippen LogP contribution in [-0.2, 0) is 6.54 Å². The zero-order valence-corrected chi connectivity index (χ0v) is 12.5. The minimum absolute atomic E-state index is 0.0305. The number of phenolic OH excluding ortho intramolecular Hbond substituents is 1. The lowest BCUT2D eigenvalue weighted by molar-refractivity contribution is 0.243. The summed E-state index contributed by atoms with van der Waals surface area (Å²) in [6, 6.07) is 8.57. The first kappa shape index (κ1) is 16.0. The molecule has 0 spiro atoms. The van der Waals surface area contributed by atoms with Crippen molar-refractivity contribution in [3.8, 4) is 5.75 Å². The van der Waals surface area contributed by atoms with E-state index in [1.165, 1.54) is 18.2 Å². The van der Waals surface area contributed by atoms with Crippen LogP contribution in [0, 0.1) is 5.82 Å². The summed E-state index contributed by atoms with van der Waals surface area (Å²) < 4.78 is 13.5. The van der Waals surface area contributed by atoms with Crippen molar-refractivity contribution in [2.75, 3.05) is 6.61 Å². The fraction of sp³-hybridized carbons (Fsp3) is 0.200. The van der Waals surface area contributed by atoms with Crippen LogP contribution in [0.3, 0.4) is 0 Å². The number of aliphatic hydroxyl groups is 1. The summed E-state index contributed by atoms with van der Waals surface area (Å²) in [4.78, 5) is 0. The van der Waals surface area contributed by atoms with E-state index in [-0.39, 0.29) is 23.9 Å². The third-order valence-electron chi connectivity index (χ3n) is 3.11. The lowest BCUT2D eigenvalue weighted by atomic mass is 10.1. The fourth-order valence-corrected chi connectivity index (χ4v) is 2.26. The van der Waals surface area contributed by atoms with Gasteiger partial charge in [-0.15, -0.1) is 0 Å². The Labute approximate surface area is 131 Å². The first-order chi connectivity index (χ1) is 10.0. The molecule has 3 nitrogen and oxygen atoms in total. The Morgan fingerprint density at radius 2 is 1.90 bits per heavy atom. The smallest absolute Gasteiger partial charge is 0.142 e. The van der Waals surface area contributed by atoms with Crippen LogP contribution in [0.1, 0.15) is 17.2 Å². The van der Waals surface area contributed by atoms with Crippen molar-refractivity contribution in [3.05, 3.63) is 63.4 Å². The van der Waals surface area contributed by atoms with Gasteiger partial charge in [0.1, 0.15) is 11.6 Å². The molecular weight excluding hydrogens is 316 g/mol. The molecule has 2 rings (SSSR count). The van der Waals surface area contributed by atoms with Gasteiger partial charge < -0.3 is 15.5 Å². The van der Waals surface area contributed by atoms with Crippen molar-refractivity contribution in [1.82, 2.24) is 5.32 Å². The molecule has 0 amide bonds. The quantitative estimate of drug-likeness (QED) is 0.784. The van der Waals surface area contributed by atoms with Gasteiger partial charge in [0.15, 0.2) is 0 Å². The number of benzene rings is 2. The predicted octanol–water partition coefficient (Wildman–Crippen LogP) is 3.66. The zero-order valence-electron chi connectivity index (χ0n) is 11.0. The summed E-state index contributed by atoms with van der Waals surface area (Å²) in [5.41, 5.74) is 1.16. The van der Waals surface area contributed by atoms with Gasteiger partial charge in [-0.1, -0.05) is 29.3 Å². The third kappa shape index (κ3) is 4.08. The minimum Gasteiger partial charge on any atom is -0.508 e. The molecule has 1 atom stereocenters. The van der Waals surface area contributed by atoms with Crippen LogP contribution in [0.5, 0.6) is 5.75 Å². The van der Waals surface area contributed by atoms with E-state index in [1.54, 1.807) is 18.2 Å². The van der Waals surface area contributed by atoms with E-state index in [4.69, 9.17) is 23.2 Å². The highest BCUT2D eigenvalue weighted by Crippen LogP contribution is 2.24. The summed E-state index contributed by atoms with van der Waals surface area (Å²) in [6.07, 6.45) is 0. The number of hydrogen-bond donors (Lipinski definition) is 3. The molecule has 0 bridgehead atoms. The van der Waals surface area contributed by atoms with Crippen molar-refractivity contribution in [3.63, 3.8) is 0 Å². The van der Waals surface area contributed by atoms with E-state index in [2.05, 4.69) is 5.32 Å². The fourth-order valence-electron chi connectivity index (χ4n) is 1.95. The number of rotatable bonds is 5. The molecule has 21 heavy (non-hydrogen) atoms. The highest BCUT2D eigenvalue weighted by molar-refractivity contribution is 6.31. The number of hydrogen-bond acceptors (Lipinski definition) is 3. The standard InChI is InChI=1S/C15H14Cl2FNO2/c16-11-2-4-15(21)10(5-11)7-19-14(8-20)9-1-3-12(17)13(18)6-9/h1-6,14,19-21H,7-8H2. The molecule has 0 aromatic heterocycles. The van der Waals surface area contributed by atoms with E-state index < -0.39 is 11.9 Å². The lowest BCUT2D eigenvalue weighted by Gasteiger charge is -2.17. The topological polar surface area (TPSA) is 52.5 Å². The van der Waals surface area contributed by atoms with Gasteiger partial charge in [0.2, 0.25) is 0 Å². The van der Waals surface area contributed by atoms with Gasteiger partial charge in [-0.3, -0.25) is 0 Å². The van der Waals surface area contributed by atoms with Gasteiger partial charge in [-0.05, 0) is 35.9 Å². The Balaban J connectivity index is 2.12. The first-order valence-corrected chi connectivity index (χ1v) is 7.03. The Kier molecular flexibility index (Phi) is 5.42. The molecule has 1 unspecified atom stereocenters. The van der Waals surface area contributed by atoms with Crippen molar-refractivity contribution >= 4 is 23.2 Å². The molecule has 0 aliphatic heterocycles. The summed E-state index contributed by atoms with van der Waals surface area (Å²) >= 11 is 11.5. The third-order valence-corrected chi connectivity index (χ3v) is 3.65. The van der Waals surface area contributed by atoms with E-state index in [9.17, 15) is 14.6 Å². The molecule has 3 N–H and O–H groups in total. The summed E-state index contributed by atoms with van der Waals surface area (Å²) in [6.45, 7) is 0.0598. The second-order valence-electron chi connectivity index (χ2n) is 4.56. The SMILES string of the molecule is OCC(NCc1cc(Cl)ccc1O)c1ccc(Cl)c(F)c1. The minimum atomic E-state index is -0.542. The molecule has 0 fully saturated rings. The predicted molar refractivity (Wildman–Crippen MR) is 81.2 cm³/mol. The largest absolute Gasteiger partial charge is 0.508 e. The summed E-state index contributed by atoms with van der Waals surface area (Å²) in [5, 5.41) is 22.7. The Hall–Kier alpha value is -1.33. The summed E-state index contributed by atoms with van der Waals surface area (Å²) in [7, 11) is 0. The van der Waals surface area contributed by atoms with Crippen LogP contribution in [0.25, 0.3) is 0 Å². The molecule has 0 saturated carbocycles. The van der Waals surface area contributed by atoms with Gasteiger partial charge in [-0.25, -0.2) is 4.39 Å². The molecule has 0 heterocycles. The monoisotopic (exact) mass is 329 g/mol. The van der Waals surface area contributed by atoms with Crippen LogP contribution >= 0.6 is 23.2 Å². The zero-order chi connectivity index (χ0) is 15.4. The number of phenols is 1. The Morgan fingerprint density at radius 3 is 2.57 bits per heavy atom. The maximum atomic E-state index is 13.5. The van der Waals surface area contributed by atoms with Crippen LogP contribution in [0.15, 0.2) is 36.4 Å². The molecule has 0 radical (unpaired) electrons. The Morgan fingerprint density at radius 1 is 1.14 bits per heavy atom. The second kappa shape index (κ2) is 7.09. The van der Waals surface area contributed by atoms with Crippen molar-refractivity contribution in [1.29, 1.82) is 0 Å².